The maximum atomic E-state index is 14.1. The fraction of sp³-hybridized carbons (Fsp3) is 0.394. The number of aromatic nitrogens is 4. The molecule has 1 aliphatic rings. The van der Waals surface area contributed by atoms with E-state index in [4.69, 9.17) is 9.05 Å². The maximum Gasteiger partial charge on any atom is 0.421 e. The van der Waals surface area contributed by atoms with Crippen molar-refractivity contribution in [2.75, 3.05) is 30.9 Å². The predicted octanol–water partition coefficient (Wildman–Crippen LogP) is 7.45. The Morgan fingerprint density at radius 3 is 2.33 bits per heavy atom. The lowest BCUT2D eigenvalue weighted by Crippen LogP contribution is -2.21. The fourth-order valence-electron chi connectivity index (χ4n) is 5.61. The third-order valence-electron chi connectivity index (χ3n) is 8.05. The first-order valence-corrected chi connectivity index (χ1v) is 17.7. The summed E-state index contributed by atoms with van der Waals surface area (Å²) < 4.78 is 67.7. The van der Waals surface area contributed by atoms with Gasteiger partial charge in [-0.1, -0.05) is 18.2 Å². The number of amides is 1. The summed E-state index contributed by atoms with van der Waals surface area (Å²) in [7, 11) is -1.90. The molecule has 2 aromatic heterocycles. The van der Waals surface area contributed by atoms with E-state index in [9.17, 15) is 27.6 Å². The molecule has 0 radical (unpaired) electrons. The molecule has 2 aromatic carbocycles. The molecular weight excluding hydrogens is 662 g/mol. The lowest BCUT2D eigenvalue weighted by Gasteiger charge is -2.25. The van der Waals surface area contributed by atoms with Gasteiger partial charge < -0.3 is 30.1 Å². The third-order valence-corrected chi connectivity index (χ3v) is 10.1. The maximum absolute atomic E-state index is 14.1. The van der Waals surface area contributed by atoms with Crippen LogP contribution in [0.4, 0.5) is 36.3 Å². The molecule has 5 rings (SSSR count). The van der Waals surface area contributed by atoms with Gasteiger partial charge in [-0.05, 0) is 74.9 Å². The molecular formula is C33H39F3N7O5P. The average molecular weight is 702 g/mol. The van der Waals surface area contributed by atoms with Gasteiger partial charge >= 0.3 is 13.8 Å². The average Bonchev–Trinajstić information content (AvgIpc) is 3.56. The van der Waals surface area contributed by atoms with E-state index in [2.05, 4.69) is 31.0 Å². The Morgan fingerprint density at radius 1 is 1.00 bits per heavy atom. The van der Waals surface area contributed by atoms with Gasteiger partial charge in [-0.3, -0.25) is 14.0 Å². The standard InChI is InChI=1S/C33H39F3N7O5P/c1-4-47-49(46,48-5-2)20-21-6-9-24(10-7-21)40-32-38-18-28(33(34,35)36)30(42-32)41-29-15-8-22(16-27(29)31(45)37-3)23-17-39-43(19-23)25-11-13-26(44)14-12-25/h6-10,15-19,25-26,44H,4-5,11-14,20H2,1-3H3,(H,37,45)(H2,38,40,41,42)/t25-,26-. The van der Waals surface area contributed by atoms with Crippen LogP contribution in [-0.4, -0.2) is 57.1 Å². The van der Waals surface area contributed by atoms with Crippen LogP contribution in [0.3, 0.4) is 0 Å². The second-order valence-corrected chi connectivity index (χ2v) is 13.6. The normalized spacial score (nSPS) is 16.7. The minimum Gasteiger partial charge on any atom is -0.393 e. The summed E-state index contributed by atoms with van der Waals surface area (Å²) >= 11 is 0. The van der Waals surface area contributed by atoms with E-state index in [0.717, 1.165) is 18.4 Å². The van der Waals surface area contributed by atoms with Crippen molar-refractivity contribution in [1.82, 2.24) is 25.1 Å². The van der Waals surface area contributed by atoms with Crippen molar-refractivity contribution in [1.29, 1.82) is 0 Å². The summed E-state index contributed by atoms with van der Waals surface area (Å²) in [4.78, 5) is 21.0. The minimum atomic E-state index is -4.80. The van der Waals surface area contributed by atoms with Crippen molar-refractivity contribution in [3.8, 4) is 11.1 Å². The predicted molar refractivity (Wildman–Crippen MR) is 179 cm³/mol. The number of anilines is 4. The largest absolute Gasteiger partial charge is 0.421 e. The van der Waals surface area contributed by atoms with Gasteiger partial charge in [0, 0.05) is 30.7 Å². The molecule has 0 unspecified atom stereocenters. The van der Waals surface area contributed by atoms with E-state index < -0.39 is 31.1 Å². The number of halogens is 3. The summed E-state index contributed by atoms with van der Waals surface area (Å²) in [6.45, 7) is 3.91. The van der Waals surface area contributed by atoms with Crippen LogP contribution in [0.2, 0.25) is 0 Å². The number of benzene rings is 2. The zero-order valence-corrected chi connectivity index (χ0v) is 28.2. The summed E-state index contributed by atoms with van der Waals surface area (Å²) in [6.07, 6.45) is 2.15. The van der Waals surface area contributed by atoms with Crippen LogP contribution in [0.15, 0.2) is 61.1 Å². The molecule has 1 amide bonds. The topological polar surface area (TPSA) is 153 Å². The Kier molecular flexibility index (Phi) is 11.4. The van der Waals surface area contributed by atoms with Crippen LogP contribution in [0.1, 0.15) is 67.1 Å². The van der Waals surface area contributed by atoms with Gasteiger partial charge in [0.25, 0.3) is 5.91 Å². The zero-order chi connectivity index (χ0) is 35.2. The van der Waals surface area contributed by atoms with Gasteiger partial charge in [0.1, 0.15) is 11.4 Å². The molecule has 49 heavy (non-hydrogen) atoms. The Hall–Kier alpha value is -4.30. The first-order valence-electron chi connectivity index (χ1n) is 16.0. The lowest BCUT2D eigenvalue weighted by molar-refractivity contribution is -0.137. The molecule has 1 saturated carbocycles. The Balaban J connectivity index is 1.39. The quantitative estimate of drug-likeness (QED) is 0.103. The third kappa shape index (κ3) is 9.04. The Labute approximate surface area is 282 Å². The highest BCUT2D eigenvalue weighted by atomic mass is 31.2. The van der Waals surface area contributed by atoms with Gasteiger partial charge in [-0.25, -0.2) is 4.98 Å². The molecule has 2 heterocycles. The van der Waals surface area contributed by atoms with Crippen LogP contribution < -0.4 is 16.0 Å². The molecule has 12 nitrogen and oxygen atoms in total. The van der Waals surface area contributed by atoms with E-state index in [1.165, 1.54) is 13.1 Å². The summed E-state index contributed by atoms with van der Waals surface area (Å²) in [6, 6.07) is 11.6. The number of nitrogens with zero attached hydrogens (tertiary/aromatic N) is 4. The summed E-state index contributed by atoms with van der Waals surface area (Å²) in [5, 5.41) is 22.5. The highest BCUT2D eigenvalue weighted by Gasteiger charge is 2.36. The molecule has 0 aliphatic heterocycles. The zero-order valence-electron chi connectivity index (χ0n) is 27.3. The number of nitrogens with one attached hydrogen (secondary N) is 3. The Morgan fingerprint density at radius 2 is 1.69 bits per heavy atom. The van der Waals surface area contributed by atoms with Crippen LogP contribution >= 0.6 is 7.60 Å². The summed E-state index contributed by atoms with van der Waals surface area (Å²) in [5.41, 5.74) is 1.61. The van der Waals surface area contributed by atoms with Gasteiger partial charge in [0.2, 0.25) is 5.95 Å². The van der Waals surface area contributed by atoms with E-state index in [0.29, 0.717) is 35.9 Å². The number of alkyl halides is 3. The van der Waals surface area contributed by atoms with Crippen molar-refractivity contribution in [2.24, 2.45) is 0 Å². The van der Waals surface area contributed by atoms with Crippen molar-refractivity contribution in [3.05, 3.63) is 77.7 Å². The van der Waals surface area contributed by atoms with Gasteiger partial charge in [-0.2, -0.15) is 23.3 Å². The number of carbonyl (C=O) groups is 1. The van der Waals surface area contributed by atoms with Crippen molar-refractivity contribution in [3.63, 3.8) is 0 Å². The van der Waals surface area contributed by atoms with Crippen LogP contribution in [-0.2, 0) is 26.0 Å². The molecule has 1 fully saturated rings. The minimum absolute atomic E-state index is 0.0557. The lowest BCUT2D eigenvalue weighted by atomic mass is 9.93. The molecule has 4 aromatic rings. The highest BCUT2D eigenvalue weighted by molar-refractivity contribution is 7.53. The van der Waals surface area contributed by atoms with E-state index in [1.807, 2.05) is 10.9 Å². The molecule has 1 aliphatic carbocycles. The van der Waals surface area contributed by atoms with Crippen LogP contribution in [0, 0.1) is 0 Å². The van der Waals surface area contributed by atoms with Crippen LogP contribution in [0.25, 0.3) is 11.1 Å². The van der Waals surface area contributed by atoms with Gasteiger partial charge in [0.15, 0.2) is 0 Å². The molecule has 4 N–H and O–H groups in total. The summed E-state index contributed by atoms with van der Waals surface area (Å²) in [5.74, 6) is -1.20. The van der Waals surface area contributed by atoms with E-state index >= 15 is 0 Å². The molecule has 0 bridgehead atoms. The first-order chi connectivity index (χ1) is 23.4. The van der Waals surface area contributed by atoms with E-state index in [1.54, 1.807) is 56.4 Å². The number of aliphatic hydroxyl groups excluding tert-OH is 1. The SMILES string of the molecule is CCOP(=O)(Cc1ccc(Nc2ncc(C(F)(F)F)c(Nc3ccc(-c4cnn([C@H]5CC[C@H](O)CC5)c4)cc3C(=O)NC)n2)cc1)OCC. The number of hydrogen-bond donors (Lipinski definition) is 4. The second kappa shape index (κ2) is 15.5. The number of rotatable bonds is 13. The van der Waals surface area contributed by atoms with Crippen LogP contribution in [0.5, 0.6) is 0 Å². The number of aliphatic hydroxyl groups is 1. The molecule has 16 heteroatoms. The Bertz CT molecular complexity index is 1780. The molecule has 0 saturated heterocycles. The number of carbonyl (C=O) groups excluding carboxylic acids is 1. The second-order valence-electron chi connectivity index (χ2n) is 11.5. The smallest absolute Gasteiger partial charge is 0.393 e. The van der Waals surface area contributed by atoms with Crippen molar-refractivity contribution in [2.45, 2.75) is 64.0 Å². The highest BCUT2D eigenvalue weighted by Crippen LogP contribution is 2.51. The van der Waals surface area contributed by atoms with Crippen molar-refractivity contribution >= 4 is 36.6 Å². The van der Waals surface area contributed by atoms with Gasteiger partial charge in [0.05, 0.1) is 49.0 Å². The number of hydrogen-bond acceptors (Lipinski definition) is 10. The first kappa shape index (κ1) is 36.0. The van der Waals surface area contributed by atoms with Gasteiger partial charge in [-0.15, -0.1) is 0 Å². The molecule has 0 spiro atoms. The fourth-order valence-corrected chi connectivity index (χ4v) is 7.31. The monoisotopic (exact) mass is 701 g/mol. The van der Waals surface area contributed by atoms with Crippen molar-refractivity contribution < 1.29 is 36.7 Å². The molecule has 0 atom stereocenters. The van der Waals surface area contributed by atoms with E-state index in [-0.39, 0.29) is 48.7 Å². The molecule has 262 valence electrons.